The Bertz CT molecular complexity index is 166. The van der Waals surface area contributed by atoms with E-state index in [0.717, 1.165) is 6.41 Å². The van der Waals surface area contributed by atoms with Crippen molar-refractivity contribution in [3.05, 3.63) is 0 Å². The Morgan fingerprint density at radius 3 is 2.18 bits per heavy atom. The van der Waals surface area contributed by atoms with Crippen LogP contribution in [0.15, 0.2) is 0 Å². The maximum atomic E-state index is 10.7. The fourth-order valence-corrected chi connectivity index (χ4v) is 1.22. The van der Waals surface area contributed by atoms with Gasteiger partial charge in [0, 0.05) is 26.2 Å². The molecule has 0 bridgehead atoms. The van der Waals surface area contributed by atoms with Gasteiger partial charge in [-0.05, 0) is 0 Å². The number of carbonyl (C=O) groups is 2. The summed E-state index contributed by atoms with van der Waals surface area (Å²) in [5.74, 6) is 0. The molecule has 4 nitrogen and oxygen atoms in total. The molecule has 1 aliphatic heterocycles. The summed E-state index contributed by atoms with van der Waals surface area (Å²) in [6.45, 7) is 2.44. The molecule has 5 heteroatoms. The minimum atomic E-state index is -0.212. The summed E-state index contributed by atoms with van der Waals surface area (Å²) in [7, 11) is 0. The van der Waals surface area contributed by atoms with Crippen LogP contribution in [0.25, 0.3) is 0 Å². The number of carbonyl (C=O) groups excluding carboxylic acids is 2. The van der Waals surface area contributed by atoms with E-state index >= 15 is 0 Å². The van der Waals surface area contributed by atoms with E-state index in [0.29, 0.717) is 26.2 Å². The Kier molecular flexibility index (Phi) is 2.76. The third kappa shape index (κ3) is 2.11. The van der Waals surface area contributed by atoms with Crippen molar-refractivity contribution in [3.63, 3.8) is 0 Å². The molecule has 62 valence electrons. The SMILES string of the molecule is O=CN1CCN(C(=O)S)CC1. The second kappa shape index (κ2) is 3.61. The summed E-state index contributed by atoms with van der Waals surface area (Å²) < 4.78 is 0. The van der Waals surface area contributed by atoms with Gasteiger partial charge in [0.15, 0.2) is 0 Å². The van der Waals surface area contributed by atoms with Gasteiger partial charge < -0.3 is 9.80 Å². The van der Waals surface area contributed by atoms with Crippen LogP contribution < -0.4 is 0 Å². The number of hydrogen-bond acceptors (Lipinski definition) is 2. The van der Waals surface area contributed by atoms with Gasteiger partial charge in [0.1, 0.15) is 0 Å². The Labute approximate surface area is 70.6 Å². The van der Waals surface area contributed by atoms with Crippen LogP contribution >= 0.6 is 12.6 Å². The van der Waals surface area contributed by atoms with Crippen LogP contribution in [0.2, 0.25) is 0 Å². The summed E-state index contributed by atoms with van der Waals surface area (Å²) in [5, 5.41) is -0.212. The van der Waals surface area contributed by atoms with Gasteiger partial charge in [-0.3, -0.25) is 9.59 Å². The zero-order chi connectivity index (χ0) is 8.27. The van der Waals surface area contributed by atoms with E-state index in [1.165, 1.54) is 0 Å². The molecule has 0 saturated carbocycles. The average molecular weight is 174 g/mol. The maximum Gasteiger partial charge on any atom is 0.278 e. The smallest absolute Gasteiger partial charge is 0.278 e. The zero-order valence-corrected chi connectivity index (χ0v) is 6.96. The van der Waals surface area contributed by atoms with Crippen molar-refractivity contribution >= 4 is 24.3 Å². The highest BCUT2D eigenvalue weighted by atomic mass is 32.1. The van der Waals surface area contributed by atoms with Gasteiger partial charge in [-0.25, -0.2) is 0 Å². The first-order valence-electron chi connectivity index (χ1n) is 3.41. The summed E-state index contributed by atoms with van der Waals surface area (Å²) in [6.07, 6.45) is 0.806. The molecule has 0 aliphatic carbocycles. The van der Waals surface area contributed by atoms with E-state index in [2.05, 4.69) is 12.6 Å². The second-order valence-corrected chi connectivity index (χ2v) is 2.79. The molecule has 0 radical (unpaired) electrons. The molecule has 0 aromatic rings. The van der Waals surface area contributed by atoms with E-state index < -0.39 is 0 Å². The van der Waals surface area contributed by atoms with Crippen LogP contribution in [-0.2, 0) is 4.79 Å². The number of hydrogen-bond donors (Lipinski definition) is 1. The topological polar surface area (TPSA) is 40.6 Å². The highest BCUT2D eigenvalue weighted by Gasteiger charge is 2.16. The van der Waals surface area contributed by atoms with Crippen molar-refractivity contribution in [1.29, 1.82) is 0 Å². The van der Waals surface area contributed by atoms with Crippen LogP contribution in [-0.4, -0.2) is 47.6 Å². The zero-order valence-electron chi connectivity index (χ0n) is 6.06. The van der Waals surface area contributed by atoms with Crippen molar-refractivity contribution in [2.24, 2.45) is 0 Å². The van der Waals surface area contributed by atoms with Gasteiger partial charge in [0.25, 0.3) is 5.24 Å². The van der Waals surface area contributed by atoms with Crippen LogP contribution in [0, 0.1) is 0 Å². The van der Waals surface area contributed by atoms with Crippen molar-refractivity contribution in [3.8, 4) is 0 Å². The third-order valence-corrected chi connectivity index (χ3v) is 2.02. The lowest BCUT2D eigenvalue weighted by Gasteiger charge is -2.31. The Morgan fingerprint density at radius 1 is 1.27 bits per heavy atom. The van der Waals surface area contributed by atoms with E-state index in [4.69, 9.17) is 0 Å². The molecule has 0 spiro atoms. The quantitative estimate of drug-likeness (QED) is 0.442. The standard InChI is InChI=1S/C6H10N2O2S/c9-5-7-1-3-8(4-2-7)6(10)11/h5H,1-4H2,(H,10,11). The Morgan fingerprint density at radius 2 is 1.82 bits per heavy atom. The lowest BCUT2D eigenvalue weighted by molar-refractivity contribution is -0.119. The molecule has 1 rings (SSSR count). The number of rotatable bonds is 1. The van der Waals surface area contributed by atoms with E-state index in [-0.39, 0.29) is 5.24 Å². The minimum absolute atomic E-state index is 0.212. The molecule has 0 aromatic heterocycles. The predicted octanol–water partition coefficient (Wildman–Crippen LogP) is -0.190. The predicted molar refractivity (Wildman–Crippen MR) is 43.6 cm³/mol. The monoisotopic (exact) mass is 174 g/mol. The van der Waals surface area contributed by atoms with Gasteiger partial charge >= 0.3 is 0 Å². The average Bonchev–Trinajstić information content (AvgIpc) is 2.05. The number of amides is 2. The number of piperazine rings is 1. The number of thiol groups is 1. The normalized spacial score (nSPS) is 18.3. The maximum absolute atomic E-state index is 10.7. The van der Waals surface area contributed by atoms with Gasteiger partial charge in [-0.1, -0.05) is 12.6 Å². The van der Waals surface area contributed by atoms with E-state index in [1.54, 1.807) is 9.80 Å². The molecule has 2 amide bonds. The van der Waals surface area contributed by atoms with Crippen LogP contribution in [0.1, 0.15) is 0 Å². The minimum Gasteiger partial charge on any atom is -0.342 e. The molecule has 1 heterocycles. The molecule has 0 N–H and O–H groups in total. The fraction of sp³-hybridized carbons (Fsp3) is 0.667. The molecule has 0 aromatic carbocycles. The van der Waals surface area contributed by atoms with Gasteiger partial charge in [-0.2, -0.15) is 0 Å². The van der Waals surface area contributed by atoms with E-state index in [9.17, 15) is 9.59 Å². The first-order chi connectivity index (χ1) is 5.24. The van der Waals surface area contributed by atoms with Gasteiger partial charge in [0.2, 0.25) is 6.41 Å². The van der Waals surface area contributed by atoms with Crippen molar-refractivity contribution in [2.45, 2.75) is 0 Å². The Balaban J connectivity index is 2.35. The molecule has 1 aliphatic rings. The third-order valence-electron chi connectivity index (χ3n) is 1.73. The molecule has 0 unspecified atom stereocenters. The molecule has 1 saturated heterocycles. The van der Waals surface area contributed by atoms with Crippen LogP contribution in [0.5, 0.6) is 0 Å². The highest BCUT2D eigenvalue weighted by Crippen LogP contribution is 2.02. The molecule has 11 heavy (non-hydrogen) atoms. The van der Waals surface area contributed by atoms with E-state index in [1.807, 2.05) is 0 Å². The molecule has 0 atom stereocenters. The lowest BCUT2D eigenvalue weighted by Crippen LogP contribution is -2.46. The highest BCUT2D eigenvalue weighted by molar-refractivity contribution is 7.96. The van der Waals surface area contributed by atoms with Crippen molar-refractivity contribution in [1.82, 2.24) is 9.80 Å². The van der Waals surface area contributed by atoms with Gasteiger partial charge in [0.05, 0.1) is 0 Å². The van der Waals surface area contributed by atoms with Crippen LogP contribution in [0.4, 0.5) is 4.79 Å². The summed E-state index contributed by atoms with van der Waals surface area (Å²) in [4.78, 5) is 24.2. The fourth-order valence-electron chi connectivity index (χ4n) is 1.02. The largest absolute Gasteiger partial charge is 0.342 e. The van der Waals surface area contributed by atoms with Crippen molar-refractivity contribution in [2.75, 3.05) is 26.2 Å². The molecule has 1 fully saturated rings. The summed E-state index contributed by atoms with van der Waals surface area (Å²) in [5.41, 5.74) is 0. The second-order valence-electron chi connectivity index (χ2n) is 2.41. The molecular weight excluding hydrogens is 164 g/mol. The first-order valence-corrected chi connectivity index (χ1v) is 3.86. The first kappa shape index (κ1) is 8.39. The Hall–Kier alpha value is -0.710. The number of nitrogens with zero attached hydrogens (tertiary/aromatic N) is 2. The summed E-state index contributed by atoms with van der Waals surface area (Å²) >= 11 is 3.68. The lowest BCUT2D eigenvalue weighted by atomic mass is 10.3. The van der Waals surface area contributed by atoms with Crippen LogP contribution in [0.3, 0.4) is 0 Å². The summed E-state index contributed by atoms with van der Waals surface area (Å²) in [6, 6.07) is 0. The molecular formula is C6H10N2O2S. The van der Waals surface area contributed by atoms with Gasteiger partial charge in [-0.15, -0.1) is 0 Å². The van der Waals surface area contributed by atoms with Crippen molar-refractivity contribution < 1.29 is 9.59 Å².